The van der Waals surface area contributed by atoms with Crippen molar-refractivity contribution in [3.63, 3.8) is 0 Å². The van der Waals surface area contributed by atoms with E-state index in [1.807, 2.05) is 0 Å². The molecule has 1 aliphatic rings. The lowest BCUT2D eigenvalue weighted by atomic mass is 10.2. The van der Waals surface area contributed by atoms with E-state index < -0.39 is 0 Å². The number of rotatable bonds is 8. The molecule has 28 heavy (non-hydrogen) atoms. The van der Waals surface area contributed by atoms with Crippen LogP contribution < -0.4 is 24.8 Å². The minimum absolute atomic E-state index is 0.193. The van der Waals surface area contributed by atoms with Crippen LogP contribution in [0.15, 0.2) is 30.5 Å². The van der Waals surface area contributed by atoms with E-state index in [9.17, 15) is 4.79 Å². The van der Waals surface area contributed by atoms with Crippen LogP contribution in [-0.4, -0.2) is 51.5 Å². The van der Waals surface area contributed by atoms with E-state index in [-0.39, 0.29) is 12.0 Å². The number of ether oxygens (including phenoxy) is 4. The molecule has 8 heteroatoms. The maximum atomic E-state index is 12.7. The van der Waals surface area contributed by atoms with Gasteiger partial charge in [0.05, 0.1) is 27.4 Å². The maximum absolute atomic E-state index is 12.7. The number of aromatic nitrogens is 1. The van der Waals surface area contributed by atoms with Gasteiger partial charge in [-0.15, -0.1) is 0 Å². The Labute approximate surface area is 164 Å². The summed E-state index contributed by atoms with van der Waals surface area (Å²) in [5.41, 5.74) is 1.02. The van der Waals surface area contributed by atoms with Crippen molar-refractivity contribution in [2.75, 3.05) is 45.1 Å². The normalized spacial score (nSPS) is 15.8. The SMILES string of the molecule is COc1cc(NC(=O)c2ccnc(NCC3CCCO3)c2)cc(OC)c1OC. The van der Waals surface area contributed by atoms with E-state index in [1.165, 1.54) is 21.3 Å². The highest BCUT2D eigenvalue weighted by molar-refractivity contribution is 6.05. The van der Waals surface area contributed by atoms with Crippen LogP contribution in [0.25, 0.3) is 0 Å². The molecule has 2 N–H and O–H groups in total. The van der Waals surface area contributed by atoms with E-state index in [4.69, 9.17) is 18.9 Å². The van der Waals surface area contributed by atoms with Crippen molar-refractivity contribution in [1.29, 1.82) is 0 Å². The monoisotopic (exact) mass is 387 g/mol. The van der Waals surface area contributed by atoms with Crippen molar-refractivity contribution < 1.29 is 23.7 Å². The minimum atomic E-state index is -0.267. The van der Waals surface area contributed by atoms with Gasteiger partial charge in [-0.25, -0.2) is 4.98 Å². The fourth-order valence-electron chi connectivity index (χ4n) is 3.05. The Morgan fingerprint density at radius 2 is 1.93 bits per heavy atom. The topological polar surface area (TPSA) is 90.9 Å². The number of anilines is 2. The highest BCUT2D eigenvalue weighted by Gasteiger charge is 2.17. The lowest BCUT2D eigenvalue weighted by molar-refractivity contribution is 0.102. The van der Waals surface area contributed by atoms with Crippen LogP contribution in [-0.2, 0) is 4.74 Å². The van der Waals surface area contributed by atoms with Crippen LogP contribution in [0.3, 0.4) is 0 Å². The Bertz CT molecular complexity index is 796. The molecular formula is C20H25N3O5. The number of hydrogen-bond donors (Lipinski definition) is 2. The molecule has 3 rings (SSSR count). The molecule has 1 aromatic heterocycles. The van der Waals surface area contributed by atoms with Gasteiger partial charge in [0.2, 0.25) is 5.75 Å². The van der Waals surface area contributed by atoms with Crippen molar-refractivity contribution in [1.82, 2.24) is 4.98 Å². The van der Waals surface area contributed by atoms with Crippen LogP contribution in [0, 0.1) is 0 Å². The zero-order valence-electron chi connectivity index (χ0n) is 16.3. The first-order valence-electron chi connectivity index (χ1n) is 9.07. The quantitative estimate of drug-likeness (QED) is 0.720. The predicted octanol–water partition coefficient (Wildman–Crippen LogP) is 2.95. The molecule has 0 aliphatic carbocycles. The molecule has 8 nitrogen and oxygen atoms in total. The van der Waals surface area contributed by atoms with E-state index in [2.05, 4.69) is 15.6 Å². The number of carbonyl (C=O) groups excluding carboxylic acids is 1. The van der Waals surface area contributed by atoms with E-state index in [0.29, 0.717) is 40.9 Å². The van der Waals surface area contributed by atoms with Crippen molar-refractivity contribution in [3.8, 4) is 17.2 Å². The summed E-state index contributed by atoms with van der Waals surface area (Å²) in [6, 6.07) is 6.72. The van der Waals surface area contributed by atoms with E-state index in [1.54, 1.807) is 30.5 Å². The Morgan fingerprint density at radius 1 is 1.18 bits per heavy atom. The Hall–Kier alpha value is -3.00. The summed E-state index contributed by atoms with van der Waals surface area (Å²) in [6.45, 7) is 1.47. The molecule has 1 saturated heterocycles. The number of nitrogens with zero attached hydrogens (tertiary/aromatic N) is 1. The fourth-order valence-corrected chi connectivity index (χ4v) is 3.05. The van der Waals surface area contributed by atoms with Gasteiger partial charge in [0, 0.05) is 42.7 Å². The average molecular weight is 387 g/mol. The van der Waals surface area contributed by atoms with E-state index >= 15 is 0 Å². The molecule has 0 bridgehead atoms. The first-order valence-corrected chi connectivity index (χ1v) is 9.07. The van der Waals surface area contributed by atoms with Crippen LogP contribution in [0.4, 0.5) is 11.5 Å². The summed E-state index contributed by atoms with van der Waals surface area (Å²) < 4.78 is 21.5. The second-order valence-corrected chi connectivity index (χ2v) is 6.31. The van der Waals surface area contributed by atoms with Gasteiger partial charge in [0.25, 0.3) is 5.91 Å². The van der Waals surface area contributed by atoms with Crippen molar-refractivity contribution in [2.24, 2.45) is 0 Å². The summed E-state index contributed by atoms with van der Waals surface area (Å²) in [6.07, 6.45) is 3.91. The summed E-state index contributed by atoms with van der Waals surface area (Å²) in [5, 5.41) is 6.07. The molecule has 1 aromatic carbocycles. The number of carbonyl (C=O) groups is 1. The number of methoxy groups -OCH3 is 3. The summed E-state index contributed by atoms with van der Waals surface area (Å²) in [4.78, 5) is 16.9. The van der Waals surface area contributed by atoms with Gasteiger partial charge in [-0.1, -0.05) is 0 Å². The number of amides is 1. The van der Waals surface area contributed by atoms with Crippen molar-refractivity contribution >= 4 is 17.4 Å². The molecule has 1 fully saturated rings. The first-order chi connectivity index (χ1) is 13.6. The highest BCUT2D eigenvalue weighted by atomic mass is 16.5. The highest BCUT2D eigenvalue weighted by Crippen LogP contribution is 2.40. The third-order valence-corrected chi connectivity index (χ3v) is 4.48. The van der Waals surface area contributed by atoms with Gasteiger partial charge in [-0.2, -0.15) is 0 Å². The average Bonchev–Trinajstić information content (AvgIpc) is 3.25. The van der Waals surface area contributed by atoms with Gasteiger partial charge in [0.1, 0.15) is 5.82 Å². The lowest BCUT2D eigenvalue weighted by Crippen LogP contribution is -2.19. The fraction of sp³-hybridized carbons (Fsp3) is 0.400. The third kappa shape index (κ3) is 4.64. The van der Waals surface area contributed by atoms with Crippen molar-refractivity contribution in [3.05, 3.63) is 36.0 Å². The first kappa shape index (κ1) is 19.8. The number of pyridine rings is 1. The van der Waals surface area contributed by atoms with Gasteiger partial charge in [0.15, 0.2) is 11.5 Å². The second-order valence-electron chi connectivity index (χ2n) is 6.31. The Kier molecular flexibility index (Phi) is 6.54. The zero-order valence-corrected chi connectivity index (χ0v) is 16.3. The zero-order chi connectivity index (χ0) is 19.9. The summed E-state index contributed by atoms with van der Waals surface area (Å²) in [7, 11) is 4.58. The van der Waals surface area contributed by atoms with Crippen LogP contribution in [0.1, 0.15) is 23.2 Å². The van der Waals surface area contributed by atoms with Crippen LogP contribution >= 0.6 is 0 Å². The molecule has 1 aliphatic heterocycles. The molecule has 0 saturated carbocycles. The molecule has 2 heterocycles. The number of nitrogens with one attached hydrogen (secondary N) is 2. The van der Waals surface area contributed by atoms with E-state index in [0.717, 1.165) is 19.4 Å². The van der Waals surface area contributed by atoms with Crippen molar-refractivity contribution in [2.45, 2.75) is 18.9 Å². The molecule has 1 atom stereocenters. The smallest absolute Gasteiger partial charge is 0.255 e. The van der Waals surface area contributed by atoms with Gasteiger partial charge in [-0.05, 0) is 25.0 Å². The summed E-state index contributed by atoms with van der Waals surface area (Å²) >= 11 is 0. The molecule has 1 amide bonds. The largest absolute Gasteiger partial charge is 0.493 e. The lowest BCUT2D eigenvalue weighted by Gasteiger charge is -2.15. The van der Waals surface area contributed by atoms with Gasteiger partial charge >= 0.3 is 0 Å². The molecule has 0 radical (unpaired) electrons. The van der Waals surface area contributed by atoms with Gasteiger partial charge in [-0.3, -0.25) is 4.79 Å². The molecule has 2 aromatic rings. The maximum Gasteiger partial charge on any atom is 0.255 e. The molecule has 0 spiro atoms. The van der Waals surface area contributed by atoms with Crippen LogP contribution in [0.2, 0.25) is 0 Å². The molecule has 150 valence electrons. The third-order valence-electron chi connectivity index (χ3n) is 4.48. The second kappa shape index (κ2) is 9.27. The minimum Gasteiger partial charge on any atom is -0.493 e. The van der Waals surface area contributed by atoms with Gasteiger partial charge < -0.3 is 29.6 Å². The molecular weight excluding hydrogens is 362 g/mol. The molecule has 1 unspecified atom stereocenters. The Balaban J connectivity index is 1.71. The summed E-state index contributed by atoms with van der Waals surface area (Å²) in [5.74, 6) is 1.76. The van der Waals surface area contributed by atoms with Crippen LogP contribution in [0.5, 0.6) is 17.2 Å². The number of benzene rings is 1. The Morgan fingerprint density at radius 3 is 2.54 bits per heavy atom. The predicted molar refractivity (Wildman–Crippen MR) is 106 cm³/mol. The number of hydrogen-bond acceptors (Lipinski definition) is 7. The standard InChI is InChI=1S/C20H25N3O5/c1-25-16-10-14(11-17(26-2)19(16)27-3)23-20(24)13-6-7-21-18(9-13)22-12-15-5-4-8-28-15/h6-7,9-11,15H,4-5,8,12H2,1-3H3,(H,21,22)(H,23,24).